The molecule has 9 heteroatoms. The second-order valence-corrected chi connectivity index (χ2v) is 6.86. The average Bonchev–Trinajstić information content (AvgIpc) is 2.71. The van der Waals surface area contributed by atoms with Gasteiger partial charge in [0.2, 0.25) is 10.0 Å². The molecule has 1 aromatic rings. The maximum absolute atomic E-state index is 12.9. The zero-order valence-electron chi connectivity index (χ0n) is 13.5. The lowest BCUT2D eigenvalue weighted by atomic mass is 10.5. The molecule has 0 N–H and O–H groups in total. The summed E-state index contributed by atoms with van der Waals surface area (Å²) in [6.07, 6.45) is 0. The molecule has 1 aromatic heterocycles. The number of aromatic nitrogens is 2. The van der Waals surface area contributed by atoms with E-state index in [9.17, 15) is 8.42 Å². The largest absolute Gasteiger partial charge is 0.380 e. The molecule has 128 valence electrons. The number of aryl methyl sites for hydroxylation is 2. The molecule has 1 rings (SSSR count). The highest BCUT2D eigenvalue weighted by Crippen LogP contribution is 2.27. The van der Waals surface area contributed by atoms with Crippen LogP contribution in [0.15, 0.2) is 4.90 Å². The predicted molar refractivity (Wildman–Crippen MR) is 84.7 cm³/mol. The Hall–Kier alpha value is -0.670. The first-order chi connectivity index (χ1) is 10.4. The van der Waals surface area contributed by atoms with Crippen LogP contribution in [0, 0.1) is 6.92 Å². The van der Waals surface area contributed by atoms with Crippen LogP contribution in [0.3, 0.4) is 0 Å². The lowest BCUT2D eigenvalue weighted by Crippen LogP contribution is -2.37. The summed E-state index contributed by atoms with van der Waals surface area (Å²) >= 11 is 6.10. The van der Waals surface area contributed by atoms with Gasteiger partial charge >= 0.3 is 0 Å². The number of nitrogens with zero attached hydrogens (tertiary/aromatic N) is 3. The SMILES string of the molecule is CCOCCN(CCOCC)S(=O)(=O)c1c(C)nn(C)c1Cl. The number of sulfonamides is 1. The Morgan fingerprint density at radius 2 is 1.68 bits per heavy atom. The molecule has 0 atom stereocenters. The highest BCUT2D eigenvalue weighted by atomic mass is 35.5. The molecule has 0 bridgehead atoms. The van der Waals surface area contributed by atoms with Crippen molar-refractivity contribution in [3.8, 4) is 0 Å². The first kappa shape index (κ1) is 19.4. The highest BCUT2D eigenvalue weighted by molar-refractivity contribution is 7.89. The topological polar surface area (TPSA) is 73.7 Å². The van der Waals surface area contributed by atoms with Gasteiger partial charge in [-0.2, -0.15) is 9.40 Å². The highest BCUT2D eigenvalue weighted by Gasteiger charge is 2.31. The monoisotopic (exact) mass is 353 g/mol. The van der Waals surface area contributed by atoms with Crippen molar-refractivity contribution in [3.05, 3.63) is 10.8 Å². The lowest BCUT2D eigenvalue weighted by Gasteiger charge is -2.22. The Balaban J connectivity index is 3.03. The van der Waals surface area contributed by atoms with Gasteiger partial charge in [-0.05, 0) is 20.8 Å². The van der Waals surface area contributed by atoms with E-state index in [0.29, 0.717) is 32.1 Å². The summed E-state index contributed by atoms with van der Waals surface area (Å²) in [5, 5.41) is 4.18. The van der Waals surface area contributed by atoms with Gasteiger partial charge in [0.15, 0.2) is 0 Å². The second-order valence-electron chi connectivity index (χ2n) is 4.63. The van der Waals surface area contributed by atoms with Crippen LogP contribution in [0.2, 0.25) is 5.15 Å². The van der Waals surface area contributed by atoms with Crippen LogP contribution in [0.1, 0.15) is 19.5 Å². The Bertz CT molecular complexity index is 564. The summed E-state index contributed by atoms with van der Waals surface area (Å²) in [6, 6.07) is 0. The van der Waals surface area contributed by atoms with Crippen LogP contribution in [-0.2, 0) is 26.5 Å². The quantitative estimate of drug-likeness (QED) is 0.595. The maximum atomic E-state index is 12.9. The summed E-state index contributed by atoms with van der Waals surface area (Å²) in [6.45, 7) is 7.54. The van der Waals surface area contributed by atoms with Gasteiger partial charge in [-0.1, -0.05) is 11.6 Å². The molecule has 0 aliphatic carbocycles. The van der Waals surface area contributed by atoms with Crippen molar-refractivity contribution in [1.29, 1.82) is 0 Å². The van der Waals surface area contributed by atoms with Crippen molar-refractivity contribution < 1.29 is 17.9 Å². The molecule has 0 amide bonds. The third-order valence-electron chi connectivity index (χ3n) is 3.08. The molecule has 0 saturated heterocycles. The molecule has 1 heterocycles. The number of ether oxygens (including phenoxy) is 2. The van der Waals surface area contributed by atoms with Crippen molar-refractivity contribution in [3.63, 3.8) is 0 Å². The van der Waals surface area contributed by atoms with Gasteiger partial charge in [-0.25, -0.2) is 8.42 Å². The van der Waals surface area contributed by atoms with Gasteiger partial charge in [0.1, 0.15) is 10.0 Å². The summed E-state index contributed by atoms with van der Waals surface area (Å²) in [5.41, 5.74) is 0.380. The third kappa shape index (κ3) is 4.66. The lowest BCUT2D eigenvalue weighted by molar-refractivity contribution is 0.110. The molecule has 0 unspecified atom stereocenters. The van der Waals surface area contributed by atoms with Crippen molar-refractivity contribution in [1.82, 2.24) is 14.1 Å². The molecular weight excluding hydrogens is 330 g/mol. The van der Waals surface area contributed by atoms with Gasteiger partial charge in [-0.3, -0.25) is 4.68 Å². The minimum atomic E-state index is -3.74. The predicted octanol–water partition coefficient (Wildman–Crippen LogP) is 1.45. The van der Waals surface area contributed by atoms with Gasteiger partial charge in [0.05, 0.1) is 18.9 Å². The van der Waals surface area contributed by atoms with Gasteiger partial charge < -0.3 is 9.47 Å². The Labute approximate surface area is 137 Å². The van der Waals surface area contributed by atoms with E-state index < -0.39 is 10.0 Å². The van der Waals surface area contributed by atoms with Crippen molar-refractivity contribution >= 4 is 21.6 Å². The zero-order chi connectivity index (χ0) is 16.8. The molecule has 0 aromatic carbocycles. The molecule has 0 aliphatic heterocycles. The first-order valence-electron chi connectivity index (χ1n) is 7.20. The van der Waals surface area contributed by atoms with Crippen LogP contribution in [0.4, 0.5) is 0 Å². The Morgan fingerprint density at radius 3 is 2.05 bits per heavy atom. The molecule has 7 nitrogen and oxygen atoms in total. The van der Waals surface area contributed by atoms with E-state index in [1.807, 2.05) is 13.8 Å². The fourth-order valence-electron chi connectivity index (χ4n) is 2.01. The van der Waals surface area contributed by atoms with Gasteiger partial charge in [-0.15, -0.1) is 0 Å². The number of halogens is 1. The minimum Gasteiger partial charge on any atom is -0.380 e. The zero-order valence-corrected chi connectivity index (χ0v) is 15.1. The van der Waals surface area contributed by atoms with E-state index in [1.165, 1.54) is 8.99 Å². The maximum Gasteiger partial charge on any atom is 0.248 e. The summed E-state index contributed by atoms with van der Waals surface area (Å²) in [7, 11) is -2.13. The summed E-state index contributed by atoms with van der Waals surface area (Å²) in [5.74, 6) is 0. The fourth-order valence-corrected chi connectivity index (χ4v) is 4.12. The molecule has 0 radical (unpaired) electrons. The molecular formula is C13H24ClN3O4S. The molecule has 22 heavy (non-hydrogen) atoms. The molecule has 0 aliphatic rings. The normalized spacial score (nSPS) is 12.3. The van der Waals surface area contributed by atoms with E-state index in [2.05, 4.69) is 5.10 Å². The van der Waals surface area contributed by atoms with E-state index in [4.69, 9.17) is 21.1 Å². The van der Waals surface area contributed by atoms with Crippen molar-refractivity contribution in [2.75, 3.05) is 39.5 Å². The first-order valence-corrected chi connectivity index (χ1v) is 9.02. The minimum absolute atomic E-state index is 0.0460. The third-order valence-corrected chi connectivity index (χ3v) is 5.67. The van der Waals surface area contributed by atoms with Crippen LogP contribution < -0.4 is 0 Å². The van der Waals surface area contributed by atoms with Crippen molar-refractivity contribution in [2.24, 2.45) is 7.05 Å². The Kier molecular flexibility index (Phi) is 7.78. The van der Waals surface area contributed by atoms with Crippen LogP contribution >= 0.6 is 11.6 Å². The summed E-state index contributed by atoms with van der Waals surface area (Å²) < 4.78 is 38.9. The van der Waals surface area contributed by atoms with Crippen LogP contribution in [0.5, 0.6) is 0 Å². The van der Waals surface area contributed by atoms with Crippen LogP contribution in [-0.4, -0.2) is 62.0 Å². The van der Waals surface area contributed by atoms with E-state index in [1.54, 1.807) is 14.0 Å². The molecule has 0 spiro atoms. The molecule has 0 fully saturated rings. The molecule has 0 saturated carbocycles. The number of hydrogen-bond acceptors (Lipinski definition) is 5. The van der Waals surface area contributed by atoms with E-state index in [0.717, 1.165) is 0 Å². The van der Waals surface area contributed by atoms with Crippen molar-refractivity contribution in [2.45, 2.75) is 25.7 Å². The van der Waals surface area contributed by atoms with Gasteiger partial charge in [0, 0.05) is 33.4 Å². The number of hydrogen-bond donors (Lipinski definition) is 0. The summed E-state index contributed by atoms with van der Waals surface area (Å²) in [4.78, 5) is 0.0460. The van der Waals surface area contributed by atoms with Gasteiger partial charge in [0.25, 0.3) is 0 Å². The van der Waals surface area contributed by atoms with Crippen LogP contribution in [0.25, 0.3) is 0 Å². The second kappa shape index (κ2) is 8.83. The average molecular weight is 354 g/mol. The Morgan fingerprint density at radius 1 is 1.18 bits per heavy atom. The number of rotatable bonds is 10. The standard InChI is InChI=1S/C13H24ClN3O4S/c1-5-20-9-7-17(8-10-21-6-2)22(18,19)12-11(3)15-16(4)13(12)14/h5-10H2,1-4H3. The van der Waals surface area contributed by atoms with E-state index in [-0.39, 0.29) is 23.1 Å². The van der Waals surface area contributed by atoms with E-state index >= 15 is 0 Å². The fraction of sp³-hybridized carbons (Fsp3) is 0.769. The smallest absolute Gasteiger partial charge is 0.248 e.